The van der Waals surface area contributed by atoms with Crippen LogP contribution in [0.4, 0.5) is 0 Å². The lowest BCUT2D eigenvalue weighted by molar-refractivity contribution is 0.201. The monoisotopic (exact) mass is 277 g/mol. The molecule has 0 saturated carbocycles. The normalized spacial score (nSPS) is 19.0. The lowest BCUT2D eigenvalue weighted by atomic mass is 9.87. The van der Waals surface area contributed by atoms with Crippen LogP contribution in [0.2, 0.25) is 0 Å². The average molecular weight is 277 g/mol. The molecule has 3 heteroatoms. The van der Waals surface area contributed by atoms with Gasteiger partial charge in [-0.2, -0.15) is 0 Å². The summed E-state index contributed by atoms with van der Waals surface area (Å²) in [5.41, 5.74) is 2.82. The molecule has 0 fully saturated rings. The first-order valence-electron chi connectivity index (χ1n) is 7.60. The van der Waals surface area contributed by atoms with Gasteiger partial charge in [0.15, 0.2) is 11.5 Å². The third-order valence-corrected chi connectivity index (χ3v) is 4.04. The molecule has 20 heavy (non-hydrogen) atoms. The fraction of sp³-hybridized carbons (Fsp3) is 0.647. The fourth-order valence-corrected chi connectivity index (χ4v) is 3.02. The second-order valence-electron chi connectivity index (χ2n) is 6.01. The number of ether oxygens (including phenoxy) is 2. The number of hydrogen-bond acceptors (Lipinski definition) is 3. The van der Waals surface area contributed by atoms with Crippen molar-refractivity contribution in [2.24, 2.45) is 5.92 Å². The Hall–Kier alpha value is -1.22. The maximum Gasteiger partial charge on any atom is 0.161 e. The molecule has 0 spiro atoms. The van der Waals surface area contributed by atoms with Crippen LogP contribution in [-0.2, 0) is 6.42 Å². The predicted octanol–water partition coefficient (Wildman–Crippen LogP) is 3.67. The molecule has 112 valence electrons. The highest BCUT2D eigenvalue weighted by atomic mass is 16.5. The van der Waals surface area contributed by atoms with Gasteiger partial charge in [-0.05, 0) is 56.0 Å². The lowest BCUT2D eigenvalue weighted by Gasteiger charge is -2.36. The van der Waals surface area contributed by atoms with Gasteiger partial charge < -0.3 is 9.47 Å². The molecule has 0 amide bonds. The van der Waals surface area contributed by atoms with Crippen LogP contribution in [0.15, 0.2) is 12.1 Å². The van der Waals surface area contributed by atoms with E-state index >= 15 is 0 Å². The van der Waals surface area contributed by atoms with Gasteiger partial charge in [-0.1, -0.05) is 13.8 Å². The van der Waals surface area contributed by atoms with E-state index in [2.05, 4.69) is 37.9 Å². The number of rotatable bonds is 5. The summed E-state index contributed by atoms with van der Waals surface area (Å²) in [5.74, 6) is 2.42. The topological polar surface area (TPSA) is 21.7 Å². The van der Waals surface area contributed by atoms with Crippen molar-refractivity contribution in [1.82, 2.24) is 4.90 Å². The van der Waals surface area contributed by atoms with Crippen molar-refractivity contribution in [3.8, 4) is 11.5 Å². The Morgan fingerprint density at radius 1 is 1.30 bits per heavy atom. The first-order chi connectivity index (χ1) is 9.56. The van der Waals surface area contributed by atoms with Gasteiger partial charge >= 0.3 is 0 Å². The molecule has 0 bridgehead atoms. The SMILES string of the molecule is CCOc1cc2c(cc1OC)CCN(C)[C@H]2CC(C)C. The van der Waals surface area contributed by atoms with E-state index in [9.17, 15) is 0 Å². The minimum absolute atomic E-state index is 0.490. The number of nitrogens with zero attached hydrogens (tertiary/aromatic N) is 1. The van der Waals surface area contributed by atoms with E-state index in [1.165, 1.54) is 17.5 Å². The number of methoxy groups -OCH3 is 1. The first kappa shape index (κ1) is 15.2. The predicted molar refractivity (Wildman–Crippen MR) is 82.7 cm³/mol. The molecule has 0 radical (unpaired) electrons. The maximum absolute atomic E-state index is 5.74. The van der Waals surface area contributed by atoms with E-state index < -0.39 is 0 Å². The molecule has 0 aliphatic carbocycles. The molecule has 0 unspecified atom stereocenters. The van der Waals surface area contributed by atoms with Gasteiger partial charge in [-0.3, -0.25) is 4.90 Å². The highest BCUT2D eigenvalue weighted by molar-refractivity contribution is 5.49. The van der Waals surface area contributed by atoms with E-state index in [-0.39, 0.29) is 0 Å². The van der Waals surface area contributed by atoms with Gasteiger partial charge in [0.2, 0.25) is 0 Å². The summed E-state index contributed by atoms with van der Waals surface area (Å²) in [6.07, 6.45) is 2.27. The molecule has 1 aromatic rings. The van der Waals surface area contributed by atoms with E-state index in [0.717, 1.165) is 24.5 Å². The summed E-state index contributed by atoms with van der Waals surface area (Å²) in [5, 5.41) is 0. The van der Waals surface area contributed by atoms with Gasteiger partial charge in [-0.25, -0.2) is 0 Å². The third kappa shape index (κ3) is 3.09. The summed E-state index contributed by atoms with van der Waals surface area (Å²) in [7, 11) is 3.94. The van der Waals surface area contributed by atoms with Crippen molar-refractivity contribution >= 4 is 0 Å². The van der Waals surface area contributed by atoms with Gasteiger partial charge in [0.05, 0.1) is 13.7 Å². The summed E-state index contributed by atoms with van der Waals surface area (Å²) >= 11 is 0. The van der Waals surface area contributed by atoms with Gasteiger partial charge in [-0.15, -0.1) is 0 Å². The molecule has 0 N–H and O–H groups in total. The molecule has 1 atom stereocenters. The van der Waals surface area contributed by atoms with Crippen LogP contribution in [0.5, 0.6) is 11.5 Å². The van der Waals surface area contributed by atoms with Gasteiger partial charge in [0.25, 0.3) is 0 Å². The summed E-state index contributed by atoms with van der Waals surface area (Å²) in [6.45, 7) is 8.36. The smallest absolute Gasteiger partial charge is 0.161 e. The van der Waals surface area contributed by atoms with Crippen LogP contribution in [0.3, 0.4) is 0 Å². The molecular formula is C17H27NO2. The van der Waals surface area contributed by atoms with Crippen LogP contribution < -0.4 is 9.47 Å². The van der Waals surface area contributed by atoms with E-state index in [1.807, 2.05) is 6.92 Å². The van der Waals surface area contributed by atoms with Crippen molar-refractivity contribution < 1.29 is 9.47 Å². The fourth-order valence-electron chi connectivity index (χ4n) is 3.02. The Labute approximate surface area is 122 Å². The first-order valence-corrected chi connectivity index (χ1v) is 7.60. The Bertz CT molecular complexity index is 457. The zero-order chi connectivity index (χ0) is 14.7. The highest BCUT2D eigenvalue weighted by Gasteiger charge is 2.27. The zero-order valence-corrected chi connectivity index (χ0v) is 13.4. The van der Waals surface area contributed by atoms with Crippen LogP contribution >= 0.6 is 0 Å². The minimum Gasteiger partial charge on any atom is -0.493 e. The quantitative estimate of drug-likeness (QED) is 0.819. The minimum atomic E-state index is 0.490. The molecule has 1 aromatic carbocycles. The van der Waals surface area contributed by atoms with Gasteiger partial charge in [0, 0.05) is 12.6 Å². The summed E-state index contributed by atoms with van der Waals surface area (Å²) in [6, 6.07) is 4.85. The van der Waals surface area contributed by atoms with Crippen LogP contribution in [0.1, 0.15) is 44.4 Å². The number of hydrogen-bond donors (Lipinski definition) is 0. The Morgan fingerprint density at radius 3 is 2.65 bits per heavy atom. The van der Waals surface area contributed by atoms with E-state index in [1.54, 1.807) is 7.11 Å². The Balaban J connectivity index is 2.41. The second kappa shape index (κ2) is 6.49. The lowest BCUT2D eigenvalue weighted by Crippen LogP contribution is -2.33. The standard InChI is InChI=1S/C17H27NO2/c1-6-20-17-11-14-13(10-16(17)19-5)7-8-18(4)15(14)9-12(2)3/h10-12,15H,6-9H2,1-5H3/t15-/m0/s1. The molecular weight excluding hydrogens is 250 g/mol. The molecule has 1 aliphatic rings. The summed E-state index contributed by atoms with van der Waals surface area (Å²) < 4.78 is 11.2. The van der Waals surface area contributed by atoms with Gasteiger partial charge in [0.1, 0.15) is 0 Å². The molecule has 2 rings (SSSR count). The van der Waals surface area contributed by atoms with E-state index in [0.29, 0.717) is 18.6 Å². The second-order valence-corrected chi connectivity index (χ2v) is 6.01. The third-order valence-electron chi connectivity index (χ3n) is 4.04. The van der Waals surface area contributed by atoms with Crippen LogP contribution in [-0.4, -0.2) is 32.2 Å². The van der Waals surface area contributed by atoms with E-state index in [4.69, 9.17) is 9.47 Å². The van der Waals surface area contributed by atoms with Crippen molar-refractivity contribution in [2.45, 2.75) is 39.7 Å². The molecule has 0 saturated heterocycles. The molecule has 1 aliphatic heterocycles. The average Bonchev–Trinajstić information content (AvgIpc) is 2.41. The Morgan fingerprint density at radius 2 is 2.05 bits per heavy atom. The number of fused-ring (bicyclic) bond motifs is 1. The van der Waals surface area contributed by atoms with Crippen molar-refractivity contribution in [3.05, 3.63) is 23.3 Å². The van der Waals surface area contributed by atoms with Crippen LogP contribution in [0.25, 0.3) is 0 Å². The Kier molecular flexibility index (Phi) is 4.92. The maximum atomic E-state index is 5.74. The van der Waals surface area contributed by atoms with Crippen molar-refractivity contribution in [3.63, 3.8) is 0 Å². The van der Waals surface area contributed by atoms with Crippen molar-refractivity contribution in [1.29, 1.82) is 0 Å². The number of likely N-dealkylation sites (N-methyl/N-ethyl adjacent to an activating group) is 1. The summed E-state index contributed by atoms with van der Waals surface area (Å²) in [4.78, 5) is 2.46. The largest absolute Gasteiger partial charge is 0.493 e. The number of benzene rings is 1. The molecule has 3 nitrogen and oxygen atoms in total. The molecule has 0 aromatic heterocycles. The zero-order valence-electron chi connectivity index (χ0n) is 13.4. The molecule has 1 heterocycles. The highest BCUT2D eigenvalue weighted by Crippen LogP contribution is 2.39. The van der Waals surface area contributed by atoms with Crippen molar-refractivity contribution in [2.75, 3.05) is 27.3 Å². The van der Waals surface area contributed by atoms with Crippen LogP contribution in [0, 0.1) is 5.92 Å².